The van der Waals surface area contributed by atoms with Gasteiger partial charge in [-0.15, -0.1) is 0 Å². The first-order chi connectivity index (χ1) is 8.99. The van der Waals surface area contributed by atoms with Crippen LogP contribution in [0.4, 0.5) is 10.1 Å². The summed E-state index contributed by atoms with van der Waals surface area (Å²) in [5.41, 5.74) is 1.72. The van der Waals surface area contributed by atoms with Crippen molar-refractivity contribution in [1.82, 2.24) is 0 Å². The van der Waals surface area contributed by atoms with E-state index in [9.17, 15) is 9.18 Å². The van der Waals surface area contributed by atoms with E-state index in [-0.39, 0.29) is 10.0 Å². The third-order valence-corrected chi connectivity index (χ3v) is 3.69. The summed E-state index contributed by atoms with van der Waals surface area (Å²) in [4.78, 5) is 12.1. The van der Waals surface area contributed by atoms with Gasteiger partial charge in [-0.3, -0.25) is 4.79 Å². The van der Waals surface area contributed by atoms with Crippen LogP contribution in [0.2, 0.25) is 5.02 Å². The molecule has 98 valence electrons. The summed E-state index contributed by atoms with van der Waals surface area (Å²) in [6.45, 7) is 1.85. The van der Waals surface area contributed by atoms with Gasteiger partial charge in [0.2, 0.25) is 0 Å². The largest absolute Gasteiger partial charge is 0.322 e. The number of carbonyl (C=O) groups excluding carboxylic acids is 1. The van der Waals surface area contributed by atoms with Crippen molar-refractivity contribution in [2.24, 2.45) is 0 Å². The molecule has 0 aliphatic heterocycles. The fourth-order valence-electron chi connectivity index (χ4n) is 1.60. The van der Waals surface area contributed by atoms with Gasteiger partial charge in [0.15, 0.2) is 0 Å². The van der Waals surface area contributed by atoms with E-state index in [2.05, 4.69) is 21.2 Å². The average molecular weight is 343 g/mol. The van der Waals surface area contributed by atoms with Crippen LogP contribution in [0.1, 0.15) is 15.9 Å². The van der Waals surface area contributed by atoms with Crippen LogP contribution in [0, 0.1) is 12.7 Å². The Hall–Kier alpha value is -1.39. The summed E-state index contributed by atoms with van der Waals surface area (Å²) in [5, 5.41) is 3.24. The number of rotatable bonds is 2. The Morgan fingerprint density at radius 1 is 1.32 bits per heavy atom. The van der Waals surface area contributed by atoms with Gasteiger partial charge in [-0.25, -0.2) is 4.39 Å². The lowest BCUT2D eigenvalue weighted by Gasteiger charge is -2.10. The van der Waals surface area contributed by atoms with Crippen molar-refractivity contribution < 1.29 is 9.18 Å². The zero-order valence-electron chi connectivity index (χ0n) is 10.0. The van der Waals surface area contributed by atoms with Crippen molar-refractivity contribution in [3.05, 3.63) is 62.8 Å². The molecule has 0 fully saturated rings. The number of nitrogens with one attached hydrogen (secondary N) is 1. The van der Waals surface area contributed by atoms with E-state index in [1.54, 1.807) is 24.3 Å². The van der Waals surface area contributed by atoms with Crippen LogP contribution in [-0.4, -0.2) is 5.91 Å². The smallest absolute Gasteiger partial charge is 0.256 e. The van der Waals surface area contributed by atoms with Gasteiger partial charge >= 0.3 is 0 Å². The lowest BCUT2D eigenvalue weighted by Crippen LogP contribution is -2.13. The highest BCUT2D eigenvalue weighted by molar-refractivity contribution is 9.10. The molecule has 5 heteroatoms. The second-order valence-electron chi connectivity index (χ2n) is 4.01. The van der Waals surface area contributed by atoms with Crippen LogP contribution in [0.3, 0.4) is 0 Å². The highest BCUT2D eigenvalue weighted by atomic mass is 79.9. The molecule has 0 atom stereocenters. The van der Waals surface area contributed by atoms with Gasteiger partial charge in [0, 0.05) is 10.7 Å². The molecule has 2 aromatic carbocycles. The second-order valence-corrected chi connectivity index (χ2v) is 5.24. The van der Waals surface area contributed by atoms with E-state index < -0.39 is 11.7 Å². The summed E-state index contributed by atoms with van der Waals surface area (Å²) in [7, 11) is 0. The van der Waals surface area contributed by atoms with E-state index in [4.69, 9.17) is 11.6 Å². The van der Waals surface area contributed by atoms with Gasteiger partial charge in [0.1, 0.15) is 5.82 Å². The number of carbonyl (C=O) groups is 1. The summed E-state index contributed by atoms with van der Waals surface area (Å²) < 4.78 is 13.5. The number of anilines is 1. The molecule has 2 nitrogen and oxygen atoms in total. The highest BCUT2D eigenvalue weighted by Gasteiger charge is 2.14. The van der Waals surface area contributed by atoms with Gasteiger partial charge in [0.05, 0.1) is 10.0 Å². The molecule has 0 unspecified atom stereocenters. The SMILES string of the molecule is Cc1ccc(Cl)cc1NC(=O)c1cccc(F)c1Br. The minimum absolute atomic E-state index is 0.146. The fourth-order valence-corrected chi connectivity index (χ4v) is 2.21. The summed E-state index contributed by atoms with van der Waals surface area (Å²) >= 11 is 8.95. The maximum absolute atomic E-state index is 13.4. The molecule has 0 aliphatic rings. The molecule has 19 heavy (non-hydrogen) atoms. The van der Waals surface area contributed by atoms with E-state index in [1.807, 2.05) is 6.92 Å². The lowest BCUT2D eigenvalue weighted by molar-refractivity contribution is 0.102. The molecule has 0 aromatic heterocycles. The fraction of sp³-hybridized carbons (Fsp3) is 0.0714. The van der Waals surface area contributed by atoms with Crippen LogP contribution in [0.15, 0.2) is 40.9 Å². The van der Waals surface area contributed by atoms with Gasteiger partial charge in [-0.05, 0) is 52.7 Å². The third-order valence-electron chi connectivity index (χ3n) is 2.64. The predicted molar refractivity (Wildman–Crippen MR) is 78.2 cm³/mol. The summed E-state index contributed by atoms with van der Waals surface area (Å²) in [5.74, 6) is -0.868. The molecule has 0 saturated carbocycles. The molecular formula is C14H10BrClFNO. The third kappa shape index (κ3) is 3.14. The van der Waals surface area contributed by atoms with Crippen molar-refractivity contribution in [2.45, 2.75) is 6.92 Å². The Morgan fingerprint density at radius 2 is 2.05 bits per heavy atom. The van der Waals surface area contributed by atoms with Crippen LogP contribution in [-0.2, 0) is 0 Å². The standard InChI is InChI=1S/C14H10BrClFNO/c1-8-5-6-9(16)7-12(8)18-14(19)10-3-2-4-11(17)13(10)15/h2-7H,1H3,(H,18,19). The van der Waals surface area contributed by atoms with Crippen LogP contribution >= 0.6 is 27.5 Å². The van der Waals surface area contributed by atoms with E-state index in [0.29, 0.717) is 10.7 Å². The first-order valence-electron chi connectivity index (χ1n) is 5.50. The Balaban J connectivity index is 2.31. The molecular weight excluding hydrogens is 333 g/mol. The van der Waals surface area contributed by atoms with Crippen molar-refractivity contribution in [1.29, 1.82) is 0 Å². The zero-order valence-corrected chi connectivity index (χ0v) is 12.3. The molecule has 0 radical (unpaired) electrons. The zero-order chi connectivity index (χ0) is 14.0. The van der Waals surface area contributed by atoms with Crippen LogP contribution in [0.5, 0.6) is 0 Å². The Bertz CT molecular complexity index is 645. The number of halogens is 3. The number of amides is 1. The Kier molecular flexibility index (Phi) is 4.22. The van der Waals surface area contributed by atoms with Crippen molar-refractivity contribution in [3.63, 3.8) is 0 Å². The Labute approximate surface area is 123 Å². The first kappa shape index (κ1) is 14.0. The number of benzene rings is 2. The monoisotopic (exact) mass is 341 g/mol. The molecule has 1 N–H and O–H groups in total. The van der Waals surface area contributed by atoms with Gasteiger partial charge < -0.3 is 5.32 Å². The second kappa shape index (κ2) is 5.72. The topological polar surface area (TPSA) is 29.1 Å². The molecule has 0 saturated heterocycles. The van der Waals surface area contributed by atoms with Crippen molar-refractivity contribution in [2.75, 3.05) is 5.32 Å². The summed E-state index contributed by atoms with van der Waals surface area (Å²) in [6.07, 6.45) is 0. The molecule has 2 aromatic rings. The van der Waals surface area contributed by atoms with Crippen molar-refractivity contribution >= 4 is 39.1 Å². The van der Waals surface area contributed by atoms with E-state index in [0.717, 1.165) is 5.56 Å². The number of hydrogen-bond donors (Lipinski definition) is 1. The van der Waals surface area contributed by atoms with Crippen LogP contribution < -0.4 is 5.32 Å². The highest BCUT2D eigenvalue weighted by Crippen LogP contribution is 2.24. The normalized spacial score (nSPS) is 10.3. The summed E-state index contributed by atoms with van der Waals surface area (Å²) in [6, 6.07) is 9.51. The minimum atomic E-state index is -0.476. The molecule has 0 spiro atoms. The van der Waals surface area contributed by atoms with Crippen molar-refractivity contribution in [3.8, 4) is 0 Å². The number of aryl methyl sites for hydroxylation is 1. The predicted octanol–water partition coefficient (Wildman–Crippen LogP) is 4.80. The average Bonchev–Trinajstić information content (AvgIpc) is 2.37. The molecule has 1 amide bonds. The van der Waals surface area contributed by atoms with Gasteiger partial charge in [-0.2, -0.15) is 0 Å². The maximum Gasteiger partial charge on any atom is 0.256 e. The molecule has 0 heterocycles. The Morgan fingerprint density at radius 3 is 2.79 bits per heavy atom. The minimum Gasteiger partial charge on any atom is -0.322 e. The van der Waals surface area contributed by atoms with E-state index in [1.165, 1.54) is 12.1 Å². The quantitative estimate of drug-likeness (QED) is 0.834. The maximum atomic E-state index is 13.4. The van der Waals surface area contributed by atoms with Crippen LogP contribution in [0.25, 0.3) is 0 Å². The molecule has 2 rings (SSSR count). The lowest BCUT2D eigenvalue weighted by atomic mass is 10.1. The molecule has 0 bridgehead atoms. The van der Waals surface area contributed by atoms with Gasteiger partial charge in [0.25, 0.3) is 5.91 Å². The van der Waals surface area contributed by atoms with Gasteiger partial charge in [-0.1, -0.05) is 23.7 Å². The molecule has 0 aliphatic carbocycles. The first-order valence-corrected chi connectivity index (χ1v) is 6.67. The number of hydrogen-bond acceptors (Lipinski definition) is 1. The van der Waals surface area contributed by atoms with E-state index >= 15 is 0 Å².